The molecular formula is C14H21FN2O2. The third kappa shape index (κ3) is 3.29. The lowest BCUT2D eigenvalue weighted by Gasteiger charge is -2.29. The molecule has 2 rings (SSSR count). The van der Waals surface area contributed by atoms with Gasteiger partial charge in [0.15, 0.2) is 11.6 Å². The van der Waals surface area contributed by atoms with Gasteiger partial charge in [-0.15, -0.1) is 0 Å². The molecule has 1 aliphatic rings. The Morgan fingerprint density at radius 3 is 2.95 bits per heavy atom. The van der Waals surface area contributed by atoms with Gasteiger partial charge in [0.25, 0.3) is 0 Å². The zero-order chi connectivity index (χ0) is 13.8. The van der Waals surface area contributed by atoms with Crippen LogP contribution in [-0.4, -0.2) is 33.9 Å². The predicted molar refractivity (Wildman–Crippen MR) is 74.2 cm³/mol. The molecule has 0 aliphatic carbocycles. The maximum Gasteiger partial charge on any atom is 0.167 e. The van der Waals surface area contributed by atoms with Crippen molar-refractivity contribution in [3.63, 3.8) is 0 Å². The third-order valence-corrected chi connectivity index (χ3v) is 3.50. The van der Waals surface area contributed by atoms with Gasteiger partial charge in [-0.3, -0.25) is 0 Å². The molecule has 4 nitrogen and oxygen atoms in total. The minimum absolute atomic E-state index is 0.218. The van der Waals surface area contributed by atoms with Crippen molar-refractivity contribution in [1.29, 1.82) is 0 Å². The van der Waals surface area contributed by atoms with E-state index in [1.54, 1.807) is 6.07 Å². The highest BCUT2D eigenvalue weighted by Gasteiger charge is 2.18. The molecule has 0 saturated carbocycles. The van der Waals surface area contributed by atoms with E-state index in [4.69, 9.17) is 15.2 Å². The number of rotatable bonds is 4. The Hall–Kier alpha value is -1.49. The molecule has 1 heterocycles. The number of halogens is 1. The third-order valence-electron chi connectivity index (χ3n) is 3.50. The zero-order valence-corrected chi connectivity index (χ0v) is 11.5. The van der Waals surface area contributed by atoms with Crippen LogP contribution in [0.4, 0.5) is 15.8 Å². The molecule has 2 N–H and O–H groups in total. The number of hydrogen-bond donors (Lipinski definition) is 1. The van der Waals surface area contributed by atoms with Crippen LogP contribution in [0.2, 0.25) is 0 Å². The fraction of sp³-hybridized carbons (Fsp3) is 0.571. The van der Waals surface area contributed by atoms with E-state index in [9.17, 15) is 4.39 Å². The molecule has 0 aromatic heterocycles. The Morgan fingerprint density at radius 2 is 2.32 bits per heavy atom. The first-order valence-electron chi connectivity index (χ1n) is 6.53. The molecular weight excluding hydrogens is 247 g/mol. The van der Waals surface area contributed by atoms with Crippen LogP contribution in [0.15, 0.2) is 12.1 Å². The van der Waals surface area contributed by atoms with Crippen molar-refractivity contribution in [2.75, 3.05) is 44.5 Å². The van der Waals surface area contributed by atoms with Crippen molar-refractivity contribution in [3.05, 3.63) is 17.9 Å². The van der Waals surface area contributed by atoms with Gasteiger partial charge in [-0.1, -0.05) is 0 Å². The summed E-state index contributed by atoms with van der Waals surface area (Å²) in [6.07, 6.45) is 2.25. The van der Waals surface area contributed by atoms with Crippen LogP contribution in [0.5, 0.6) is 5.75 Å². The average molecular weight is 268 g/mol. The standard InChI is InChI=1S/C14H21FN2O2/c1-17(8-10-4-3-5-19-9-10)13-7-14(18-2)11(15)6-12(13)16/h6-7,10H,3-5,8-9,16H2,1-2H3. The van der Waals surface area contributed by atoms with Gasteiger partial charge in [-0.25, -0.2) is 4.39 Å². The number of methoxy groups -OCH3 is 1. The van der Waals surface area contributed by atoms with Crippen LogP contribution in [0.25, 0.3) is 0 Å². The normalized spacial score (nSPS) is 19.2. The first kappa shape index (κ1) is 13.9. The van der Waals surface area contributed by atoms with Gasteiger partial charge >= 0.3 is 0 Å². The van der Waals surface area contributed by atoms with E-state index in [2.05, 4.69) is 0 Å². The predicted octanol–water partition coefficient (Wildman–Crippen LogP) is 2.28. The summed E-state index contributed by atoms with van der Waals surface area (Å²) in [4.78, 5) is 2.04. The molecule has 1 saturated heterocycles. The summed E-state index contributed by atoms with van der Waals surface area (Å²) in [5.41, 5.74) is 7.11. The van der Waals surface area contributed by atoms with Crippen LogP contribution < -0.4 is 15.4 Å². The number of ether oxygens (including phenoxy) is 2. The summed E-state index contributed by atoms with van der Waals surface area (Å²) in [6.45, 7) is 2.48. The van der Waals surface area contributed by atoms with E-state index in [1.165, 1.54) is 13.2 Å². The Kier molecular flexibility index (Phi) is 4.47. The Morgan fingerprint density at radius 1 is 1.53 bits per heavy atom. The second kappa shape index (κ2) is 6.10. The Balaban J connectivity index is 2.11. The fourth-order valence-corrected chi connectivity index (χ4v) is 2.48. The van der Waals surface area contributed by atoms with Crippen molar-refractivity contribution >= 4 is 11.4 Å². The highest BCUT2D eigenvalue weighted by Crippen LogP contribution is 2.31. The Bertz CT molecular complexity index is 434. The molecule has 1 fully saturated rings. The molecule has 1 unspecified atom stereocenters. The van der Waals surface area contributed by atoms with Gasteiger partial charge in [-0.05, 0) is 18.8 Å². The molecule has 0 amide bonds. The monoisotopic (exact) mass is 268 g/mol. The number of hydrogen-bond acceptors (Lipinski definition) is 4. The average Bonchev–Trinajstić information content (AvgIpc) is 2.40. The first-order chi connectivity index (χ1) is 9.11. The molecule has 106 valence electrons. The number of nitrogens with two attached hydrogens (primary N) is 1. The summed E-state index contributed by atoms with van der Waals surface area (Å²) in [5.74, 6) is 0.281. The second-order valence-corrected chi connectivity index (χ2v) is 5.01. The second-order valence-electron chi connectivity index (χ2n) is 5.01. The molecule has 19 heavy (non-hydrogen) atoms. The smallest absolute Gasteiger partial charge is 0.167 e. The number of nitrogens with zero attached hydrogens (tertiary/aromatic N) is 1. The van der Waals surface area contributed by atoms with Crippen molar-refractivity contribution < 1.29 is 13.9 Å². The zero-order valence-electron chi connectivity index (χ0n) is 11.5. The number of nitrogen functional groups attached to an aromatic ring is 1. The molecule has 0 radical (unpaired) electrons. The first-order valence-corrected chi connectivity index (χ1v) is 6.53. The van der Waals surface area contributed by atoms with Gasteiger partial charge < -0.3 is 20.1 Å². The van der Waals surface area contributed by atoms with Crippen LogP contribution in [-0.2, 0) is 4.74 Å². The summed E-state index contributed by atoms with van der Waals surface area (Å²) < 4.78 is 24.0. The van der Waals surface area contributed by atoms with E-state index >= 15 is 0 Å². The maximum atomic E-state index is 13.5. The number of anilines is 2. The molecule has 1 aromatic rings. The van der Waals surface area contributed by atoms with Gasteiger partial charge in [0.05, 0.1) is 25.1 Å². The van der Waals surface area contributed by atoms with Gasteiger partial charge in [0, 0.05) is 32.3 Å². The lowest BCUT2D eigenvalue weighted by Crippen LogP contribution is -2.31. The van der Waals surface area contributed by atoms with Crippen molar-refractivity contribution in [1.82, 2.24) is 0 Å². The van der Waals surface area contributed by atoms with E-state index in [1.807, 2.05) is 11.9 Å². The van der Waals surface area contributed by atoms with Crippen LogP contribution in [0, 0.1) is 11.7 Å². The lowest BCUT2D eigenvalue weighted by molar-refractivity contribution is 0.0576. The fourth-order valence-electron chi connectivity index (χ4n) is 2.48. The highest BCUT2D eigenvalue weighted by molar-refractivity contribution is 5.69. The largest absolute Gasteiger partial charge is 0.494 e. The molecule has 5 heteroatoms. The van der Waals surface area contributed by atoms with Gasteiger partial charge in [0.2, 0.25) is 0 Å². The minimum Gasteiger partial charge on any atom is -0.494 e. The maximum absolute atomic E-state index is 13.5. The summed E-state index contributed by atoms with van der Waals surface area (Å²) in [7, 11) is 3.41. The summed E-state index contributed by atoms with van der Waals surface area (Å²) >= 11 is 0. The minimum atomic E-state index is -0.432. The SMILES string of the molecule is COc1cc(N(C)CC2CCCOC2)c(N)cc1F. The van der Waals surface area contributed by atoms with E-state index in [0.29, 0.717) is 11.6 Å². The Labute approximate surface area is 113 Å². The molecule has 0 spiro atoms. The highest BCUT2D eigenvalue weighted by atomic mass is 19.1. The van der Waals surface area contributed by atoms with E-state index in [-0.39, 0.29) is 5.75 Å². The van der Waals surface area contributed by atoms with E-state index in [0.717, 1.165) is 38.3 Å². The summed E-state index contributed by atoms with van der Waals surface area (Å²) in [5, 5.41) is 0. The summed E-state index contributed by atoms with van der Waals surface area (Å²) in [6, 6.07) is 2.95. The van der Waals surface area contributed by atoms with Gasteiger partial charge in [-0.2, -0.15) is 0 Å². The van der Waals surface area contributed by atoms with Crippen LogP contribution >= 0.6 is 0 Å². The lowest BCUT2D eigenvalue weighted by atomic mass is 10.0. The molecule has 1 atom stereocenters. The van der Waals surface area contributed by atoms with Crippen LogP contribution in [0.3, 0.4) is 0 Å². The number of benzene rings is 1. The van der Waals surface area contributed by atoms with Crippen molar-refractivity contribution in [2.45, 2.75) is 12.8 Å². The van der Waals surface area contributed by atoms with Crippen molar-refractivity contribution in [3.8, 4) is 5.75 Å². The van der Waals surface area contributed by atoms with Crippen LogP contribution in [0.1, 0.15) is 12.8 Å². The quantitative estimate of drug-likeness (QED) is 0.851. The van der Waals surface area contributed by atoms with Gasteiger partial charge in [0.1, 0.15) is 0 Å². The van der Waals surface area contributed by atoms with Crippen molar-refractivity contribution in [2.24, 2.45) is 5.92 Å². The topological polar surface area (TPSA) is 47.7 Å². The molecule has 0 bridgehead atoms. The molecule has 1 aromatic carbocycles. The molecule has 1 aliphatic heterocycles. The van der Waals surface area contributed by atoms with E-state index < -0.39 is 5.82 Å².